The minimum absolute atomic E-state index is 0.0817. The molecule has 1 amide bonds. The number of hydrogen-bond donors (Lipinski definition) is 1. The summed E-state index contributed by atoms with van der Waals surface area (Å²) in [4.78, 5) is 16.2. The van der Waals surface area contributed by atoms with E-state index < -0.39 is 0 Å². The second-order valence-corrected chi connectivity index (χ2v) is 10.2. The van der Waals surface area contributed by atoms with Crippen molar-refractivity contribution in [1.29, 1.82) is 0 Å². The van der Waals surface area contributed by atoms with Crippen LogP contribution in [-0.2, 0) is 16.0 Å². The molecule has 5 heteroatoms. The first kappa shape index (κ1) is 19.5. The number of carbonyl (C=O) groups is 1. The number of likely N-dealkylation sites (tertiary alicyclic amines) is 1. The molecule has 0 bridgehead atoms. The van der Waals surface area contributed by atoms with Crippen LogP contribution in [0.25, 0.3) is 10.1 Å². The third kappa shape index (κ3) is 3.73. The summed E-state index contributed by atoms with van der Waals surface area (Å²) in [5, 5.41) is 4.04. The zero-order valence-electron chi connectivity index (χ0n) is 17.4. The molecule has 4 nitrogen and oxygen atoms in total. The Morgan fingerprint density at radius 2 is 2.14 bits per heavy atom. The Hall–Kier alpha value is -1.43. The van der Waals surface area contributed by atoms with E-state index in [1.807, 2.05) is 11.3 Å². The third-order valence-electron chi connectivity index (χ3n) is 7.42. The molecule has 2 aliphatic heterocycles. The van der Waals surface area contributed by atoms with E-state index in [0.29, 0.717) is 18.4 Å². The molecule has 2 saturated heterocycles. The van der Waals surface area contributed by atoms with E-state index >= 15 is 0 Å². The van der Waals surface area contributed by atoms with Crippen molar-refractivity contribution in [2.24, 2.45) is 0 Å². The average molecular weight is 413 g/mol. The number of nitrogens with zero attached hydrogens (tertiary/aromatic N) is 1. The van der Waals surface area contributed by atoms with Crippen molar-refractivity contribution in [1.82, 2.24) is 10.2 Å². The second kappa shape index (κ2) is 8.01. The lowest BCUT2D eigenvalue weighted by Gasteiger charge is -2.45. The number of likely N-dealkylation sites (N-methyl/N-ethyl adjacent to an activating group) is 1. The van der Waals surface area contributed by atoms with Crippen molar-refractivity contribution < 1.29 is 9.53 Å². The topological polar surface area (TPSA) is 41.6 Å². The summed E-state index contributed by atoms with van der Waals surface area (Å²) in [5.41, 5.74) is 1.29. The maximum atomic E-state index is 12.0. The molecule has 2 aromatic rings. The summed E-state index contributed by atoms with van der Waals surface area (Å²) in [6.07, 6.45) is 9.20. The monoisotopic (exact) mass is 412 g/mol. The summed E-state index contributed by atoms with van der Waals surface area (Å²) in [6, 6.07) is 9.42. The van der Waals surface area contributed by atoms with E-state index in [1.54, 1.807) is 7.05 Å². The van der Waals surface area contributed by atoms with E-state index in [1.165, 1.54) is 73.0 Å². The van der Waals surface area contributed by atoms with Gasteiger partial charge >= 0.3 is 0 Å². The van der Waals surface area contributed by atoms with Crippen molar-refractivity contribution in [3.63, 3.8) is 0 Å². The van der Waals surface area contributed by atoms with Gasteiger partial charge < -0.3 is 10.1 Å². The molecule has 1 aliphatic carbocycles. The quantitative estimate of drug-likeness (QED) is 0.806. The number of nitrogens with one attached hydrogen (secondary N) is 1. The molecule has 1 aromatic heterocycles. The predicted molar refractivity (Wildman–Crippen MR) is 119 cm³/mol. The van der Waals surface area contributed by atoms with Gasteiger partial charge in [-0.1, -0.05) is 12.1 Å². The molecule has 1 aromatic carbocycles. The van der Waals surface area contributed by atoms with Crippen molar-refractivity contribution in [3.05, 3.63) is 34.7 Å². The van der Waals surface area contributed by atoms with Crippen LogP contribution in [0.1, 0.15) is 61.3 Å². The van der Waals surface area contributed by atoms with Gasteiger partial charge in [-0.25, -0.2) is 0 Å². The van der Waals surface area contributed by atoms with Crippen molar-refractivity contribution >= 4 is 27.3 Å². The highest BCUT2D eigenvalue weighted by molar-refractivity contribution is 7.19. The maximum absolute atomic E-state index is 12.0. The molecule has 1 N–H and O–H groups in total. The number of amides is 1. The number of ether oxygens (including phenoxy) is 1. The van der Waals surface area contributed by atoms with Crippen LogP contribution in [0, 0.1) is 0 Å². The van der Waals surface area contributed by atoms with Gasteiger partial charge in [0.1, 0.15) is 0 Å². The minimum atomic E-state index is 0.0817. The van der Waals surface area contributed by atoms with Gasteiger partial charge in [0.15, 0.2) is 0 Å². The van der Waals surface area contributed by atoms with E-state index in [0.717, 1.165) is 12.2 Å². The molecule has 29 heavy (non-hydrogen) atoms. The molecule has 156 valence electrons. The lowest BCUT2D eigenvalue weighted by Crippen LogP contribution is -2.48. The second-order valence-electron chi connectivity index (χ2n) is 9.12. The summed E-state index contributed by atoms with van der Waals surface area (Å²) < 4.78 is 7.64. The Morgan fingerprint density at radius 1 is 1.28 bits per heavy atom. The summed E-state index contributed by atoms with van der Waals surface area (Å²) in [7, 11) is 1.71. The maximum Gasteiger partial charge on any atom is 0.224 e. The first-order chi connectivity index (χ1) is 14.2. The van der Waals surface area contributed by atoms with Gasteiger partial charge in [0.05, 0.1) is 12.0 Å². The average Bonchev–Trinajstić information content (AvgIpc) is 3.49. The van der Waals surface area contributed by atoms with Gasteiger partial charge in [0, 0.05) is 35.2 Å². The fourth-order valence-electron chi connectivity index (χ4n) is 5.88. The number of rotatable bonds is 4. The smallest absolute Gasteiger partial charge is 0.224 e. The first-order valence-electron chi connectivity index (χ1n) is 11.3. The zero-order chi connectivity index (χ0) is 19.8. The van der Waals surface area contributed by atoms with Crippen LogP contribution in [0.2, 0.25) is 0 Å². The van der Waals surface area contributed by atoms with Gasteiger partial charge in [-0.05, 0) is 81.1 Å². The van der Waals surface area contributed by atoms with Gasteiger partial charge in [-0.2, -0.15) is 0 Å². The van der Waals surface area contributed by atoms with Crippen LogP contribution < -0.4 is 5.32 Å². The molecule has 3 atom stereocenters. The SMILES string of the molecule is CNC(=O)Cc1cccc2sc(C3CCC4(CCCO4)CC3N3CCCC3)cc12. The van der Waals surface area contributed by atoms with Crippen molar-refractivity contribution in [2.75, 3.05) is 26.7 Å². The van der Waals surface area contributed by atoms with Crippen molar-refractivity contribution in [3.8, 4) is 0 Å². The lowest BCUT2D eigenvalue weighted by molar-refractivity contribution is -0.119. The van der Waals surface area contributed by atoms with Crippen molar-refractivity contribution in [2.45, 2.75) is 68.9 Å². The third-order valence-corrected chi connectivity index (χ3v) is 8.65. The predicted octanol–water partition coefficient (Wildman–Crippen LogP) is 4.47. The van der Waals surface area contributed by atoms with Crippen LogP contribution in [0.15, 0.2) is 24.3 Å². The first-order valence-corrected chi connectivity index (χ1v) is 12.1. The van der Waals surface area contributed by atoms with Gasteiger partial charge in [-0.15, -0.1) is 11.3 Å². The fourth-order valence-corrected chi connectivity index (χ4v) is 7.18. The highest BCUT2D eigenvalue weighted by atomic mass is 32.1. The number of fused-ring (bicyclic) bond motifs is 1. The van der Waals surface area contributed by atoms with Crippen LogP contribution in [-0.4, -0.2) is 49.2 Å². The van der Waals surface area contributed by atoms with E-state index in [9.17, 15) is 4.79 Å². The number of carbonyl (C=O) groups excluding carboxylic acids is 1. The van der Waals surface area contributed by atoms with Gasteiger partial charge in [0.2, 0.25) is 5.91 Å². The van der Waals surface area contributed by atoms with Gasteiger partial charge in [-0.3, -0.25) is 9.69 Å². The Kier molecular flexibility index (Phi) is 5.39. The standard InChI is InChI=1S/C24H32N2O2S/c1-25-23(27)14-17-6-4-7-21-19(17)15-22(29-21)18-8-10-24(9-5-13-28-24)16-20(18)26-11-2-3-12-26/h4,6-7,15,18,20H,2-3,5,8-14,16H2,1H3,(H,25,27). The fraction of sp³-hybridized carbons (Fsp3) is 0.625. The summed E-state index contributed by atoms with van der Waals surface area (Å²) >= 11 is 1.95. The van der Waals surface area contributed by atoms with Crippen LogP contribution in [0.4, 0.5) is 0 Å². The Balaban J connectivity index is 1.47. The van der Waals surface area contributed by atoms with Crippen LogP contribution in [0.5, 0.6) is 0 Å². The number of thiophene rings is 1. The summed E-state index contributed by atoms with van der Waals surface area (Å²) in [6.45, 7) is 3.43. The largest absolute Gasteiger partial charge is 0.375 e. The molecule has 5 rings (SSSR count). The molecule has 1 saturated carbocycles. The molecular weight excluding hydrogens is 380 g/mol. The molecular formula is C24H32N2O2S. The molecule has 0 radical (unpaired) electrons. The van der Waals surface area contributed by atoms with Crippen LogP contribution >= 0.6 is 11.3 Å². The molecule has 1 spiro atoms. The molecule has 3 aliphatic rings. The highest BCUT2D eigenvalue weighted by Crippen LogP contribution is 2.49. The van der Waals surface area contributed by atoms with Crippen LogP contribution in [0.3, 0.4) is 0 Å². The van der Waals surface area contributed by atoms with E-state index in [2.05, 4.69) is 34.5 Å². The highest BCUT2D eigenvalue weighted by Gasteiger charge is 2.46. The molecule has 3 unspecified atom stereocenters. The number of benzene rings is 1. The Bertz CT molecular complexity index is 880. The normalized spacial score (nSPS) is 30.4. The molecule has 3 heterocycles. The zero-order valence-corrected chi connectivity index (χ0v) is 18.2. The van der Waals surface area contributed by atoms with E-state index in [-0.39, 0.29) is 11.5 Å². The Labute approximate surface area is 177 Å². The van der Waals surface area contributed by atoms with E-state index in [4.69, 9.17) is 4.74 Å². The lowest BCUT2D eigenvalue weighted by atomic mass is 9.73. The number of hydrogen-bond acceptors (Lipinski definition) is 4. The minimum Gasteiger partial charge on any atom is -0.375 e. The Morgan fingerprint density at radius 3 is 2.90 bits per heavy atom. The summed E-state index contributed by atoms with van der Waals surface area (Å²) in [5.74, 6) is 0.673. The van der Waals surface area contributed by atoms with Gasteiger partial charge in [0.25, 0.3) is 0 Å². The molecule has 3 fully saturated rings.